The van der Waals surface area contributed by atoms with Crippen molar-refractivity contribution in [3.8, 4) is 0 Å². The Balaban J connectivity index is 2.84. The molecule has 4 heteroatoms. The van der Waals surface area contributed by atoms with Gasteiger partial charge in [0.25, 0.3) is 0 Å². The Bertz CT molecular complexity index is 259. The number of likely N-dealkylation sites (N-methyl/N-ethyl adjacent to an activating group) is 1. The highest BCUT2D eigenvalue weighted by Gasteiger charge is 2.20. The quantitative estimate of drug-likeness (QED) is 0.747. The molecule has 0 fully saturated rings. The van der Waals surface area contributed by atoms with E-state index in [9.17, 15) is 0 Å². The van der Waals surface area contributed by atoms with Gasteiger partial charge in [-0.05, 0) is 14.0 Å². The fraction of sp³-hybridized carbons (Fsp3) is 0.667. The Morgan fingerprint density at radius 2 is 2.31 bits per heavy atom. The van der Waals surface area contributed by atoms with Crippen LogP contribution in [0.2, 0.25) is 0 Å². The van der Waals surface area contributed by atoms with Crippen LogP contribution < -0.4 is 5.32 Å². The highest BCUT2D eigenvalue weighted by Crippen LogP contribution is 2.15. The van der Waals surface area contributed by atoms with Crippen LogP contribution in [-0.2, 0) is 11.8 Å². The lowest BCUT2D eigenvalue weighted by Crippen LogP contribution is -2.30. The van der Waals surface area contributed by atoms with Crippen LogP contribution in [0.25, 0.3) is 0 Å². The molecule has 0 aromatic carbocycles. The highest BCUT2D eigenvalue weighted by atomic mass is 16.5. The smallest absolute Gasteiger partial charge is 0.128 e. The molecular formula is C9H17N3O. The SMILES string of the molecule is CNC(c1nccn1C)C(C)OC. The molecular weight excluding hydrogens is 166 g/mol. The zero-order valence-electron chi connectivity index (χ0n) is 8.61. The minimum absolute atomic E-state index is 0.117. The minimum Gasteiger partial charge on any atom is -0.380 e. The summed E-state index contributed by atoms with van der Waals surface area (Å²) >= 11 is 0. The molecule has 1 N–H and O–H groups in total. The van der Waals surface area contributed by atoms with Crippen LogP contribution in [0.4, 0.5) is 0 Å². The second kappa shape index (κ2) is 4.39. The first-order valence-corrected chi connectivity index (χ1v) is 4.38. The molecule has 0 saturated heterocycles. The van der Waals surface area contributed by atoms with Gasteiger partial charge in [-0.2, -0.15) is 0 Å². The van der Waals surface area contributed by atoms with Crippen LogP contribution in [-0.4, -0.2) is 29.8 Å². The molecule has 0 bridgehead atoms. The number of rotatable bonds is 4. The molecule has 74 valence electrons. The van der Waals surface area contributed by atoms with Crippen LogP contribution >= 0.6 is 0 Å². The van der Waals surface area contributed by atoms with E-state index in [2.05, 4.69) is 10.3 Å². The molecule has 4 nitrogen and oxygen atoms in total. The number of methoxy groups -OCH3 is 1. The molecule has 13 heavy (non-hydrogen) atoms. The standard InChI is InChI=1S/C9H17N3O/c1-7(13-4)8(10-2)9-11-5-6-12(9)3/h5-8,10H,1-4H3. The molecule has 0 aliphatic rings. The van der Waals surface area contributed by atoms with E-state index in [1.807, 2.05) is 31.8 Å². The van der Waals surface area contributed by atoms with Crippen molar-refractivity contribution in [3.63, 3.8) is 0 Å². The van der Waals surface area contributed by atoms with Crippen molar-refractivity contribution in [3.05, 3.63) is 18.2 Å². The third-order valence-corrected chi connectivity index (χ3v) is 2.29. The number of aromatic nitrogens is 2. The summed E-state index contributed by atoms with van der Waals surface area (Å²) in [6.07, 6.45) is 3.84. The monoisotopic (exact) mass is 183 g/mol. The van der Waals surface area contributed by atoms with Crippen LogP contribution in [0.5, 0.6) is 0 Å². The Hall–Kier alpha value is -0.870. The normalized spacial score (nSPS) is 15.7. The maximum Gasteiger partial charge on any atom is 0.128 e. The van der Waals surface area contributed by atoms with Gasteiger partial charge in [0.1, 0.15) is 5.82 Å². The third-order valence-electron chi connectivity index (χ3n) is 2.29. The lowest BCUT2D eigenvalue weighted by molar-refractivity contribution is 0.0820. The number of nitrogens with zero attached hydrogens (tertiary/aromatic N) is 2. The first-order valence-electron chi connectivity index (χ1n) is 4.38. The lowest BCUT2D eigenvalue weighted by atomic mass is 10.1. The molecule has 1 heterocycles. The summed E-state index contributed by atoms with van der Waals surface area (Å²) in [5.41, 5.74) is 0. The van der Waals surface area contributed by atoms with Crippen molar-refractivity contribution >= 4 is 0 Å². The largest absolute Gasteiger partial charge is 0.380 e. The molecule has 1 aromatic heterocycles. The van der Waals surface area contributed by atoms with Crippen molar-refractivity contribution in [2.75, 3.05) is 14.2 Å². The summed E-state index contributed by atoms with van der Waals surface area (Å²) < 4.78 is 7.26. The summed E-state index contributed by atoms with van der Waals surface area (Å²) in [4.78, 5) is 4.28. The fourth-order valence-electron chi connectivity index (χ4n) is 1.39. The van der Waals surface area contributed by atoms with Gasteiger partial charge in [-0.15, -0.1) is 0 Å². The molecule has 1 aromatic rings. The predicted octanol–water partition coefficient (Wildman–Crippen LogP) is 0.715. The topological polar surface area (TPSA) is 39.1 Å². The number of imidazole rings is 1. The minimum atomic E-state index is 0.117. The number of aryl methyl sites for hydroxylation is 1. The van der Waals surface area contributed by atoms with Gasteiger partial charge in [0.05, 0.1) is 12.1 Å². The van der Waals surface area contributed by atoms with E-state index in [4.69, 9.17) is 4.74 Å². The molecule has 0 saturated carbocycles. The second-order valence-electron chi connectivity index (χ2n) is 3.10. The van der Waals surface area contributed by atoms with Gasteiger partial charge in [-0.25, -0.2) is 4.98 Å². The third kappa shape index (κ3) is 2.08. The Labute approximate surface area is 78.9 Å². The second-order valence-corrected chi connectivity index (χ2v) is 3.10. The number of ether oxygens (including phenoxy) is 1. The van der Waals surface area contributed by atoms with Gasteiger partial charge < -0.3 is 14.6 Å². The Morgan fingerprint density at radius 3 is 2.69 bits per heavy atom. The van der Waals surface area contributed by atoms with Crippen LogP contribution in [0.1, 0.15) is 18.8 Å². The molecule has 0 radical (unpaired) electrons. The van der Waals surface area contributed by atoms with Crippen molar-refractivity contribution < 1.29 is 4.74 Å². The number of hydrogen-bond donors (Lipinski definition) is 1. The fourth-order valence-corrected chi connectivity index (χ4v) is 1.39. The van der Waals surface area contributed by atoms with Gasteiger partial charge in [0.2, 0.25) is 0 Å². The molecule has 2 atom stereocenters. The summed E-state index contributed by atoms with van der Waals surface area (Å²) in [6.45, 7) is 2.02. The molecule has 2 unspecified atom stereocenters. The van der Waals surface area contributed by atoms with Crippen LogP contribution in [0.15, 0.2) is 12.4 Å². The van der Waals surface area contributed by atoms with Gasteiger partial charge >= 0.3 is 0 Å². The maximum absolute atomic E-state index is 5.27. The Morgan fingerprint density at radius 1 is 1.62 bits per heavy atom. The molecule has 0 aliphatic heterocycles. The molecule has 0 spiro atoms. The van der Waals surface area contributed by atoms with E-state index < -0.39 is 0 Å². The van der Waals surface area contributed by atoms with E-state index >= 15 is 0 Å². The van der Waals surface area contributed by atoms with E-state index in [-0.39, 0.29) is 12.1 Å². The van der Waals surface area contributed by atoms with Gasteiger partial charge in [0, 0.05) is 26.6 Å². The van der Waals surface area contributed by atoms with Crippen molar-refractivity contribution in [1.29, 1.82) is 0 Å². The molecule has 0 aliphatic carbocycles. The summed E-state index contributed by atoms with van der Waals surface area (Å²) in [5, 5.41) is 3.19. The van der Waals surface area contributed by atoms with E-state index in [0.717, 1.165) is 5.82 Å². The van der Waals surface area contributed by atoms with Gasteiger partial charge in [-0.3, -0.25) is 0 Å². The van der Waals surface area contributed by atoms with E-state index in [1.165, 1.54) is 0 Å². The Kier molecular flexibility index (Phi) is 3.45. The van der Waals surface area contributed by atoms with Gasteiger partial charge in [0.15, 0.2) is 0 Å². The number of nitrogens with one attached hydrogen (secondary N) is 1. The van der Waals surface area contributed by atoms with Crippen molar-refractivity contribution in [1.82, 2.24) is 14.9 Å². The zero-order chi connectivity index (χ0) is 9.84. The molecule has 0 amide bonds. The van der Waals surface area contributed by atoms with Crippen LogP contribution in [0, 0.1) is 0 Å². The maximum atomic E-state index is 5.27. The van der Waals surface area contributed by atoms with Crippen molar-refractivity contribution in [2.45, 2.75) is 19.1 Å². The van der Waals surface area contributed by atoms with Crippen LogP contribution in [0.3, 0.4) is 0 Å². The molecule has 1 rings (SSSR count). The first-order chi connectivity index (χ1) is 6.20. The first kappa shape index (κ1) is 10.2. The zero-order valence-corrected chi connectivity index (χ0v) is 8.61. The predicted molar refractivity (Wildman–Crippen MR) is 51.5 cm³/mol. The van der Waals surface area contributed by atoms with Gasteiger partial charge in [-0.1, -0.05) is 0 Å². The highest BCUT2D eigenvalue weighted by molar-refractivity contribution is 5.00. The summed E-state index contributed by atoms with van der Waals surface area (Å²) in [5.74, 6) is 0.997. The summed E-state index contributed by atoms with van der Waals surface area (Å²) in [7, 11) is 5.60. The average Bonchev–Trinajstić information content (AvgIpc) is 2.53. The van der Waals surface area contributed by atoms with Crippen molar-refractivity contribution in [2.24, 2.45) is 7.05 Å². The number of hydrogen-bond acceptors (Lipinski definition) is 3. The average molecular weight is 183 g/mol. The lowest BCUT2D eigenvalue weighted by Gasteiger charge is -2.21. The summed E-state index contributed by atoms with van der Waals surface area (Å²) in [6, 6.07) is 0.144. The van der Waals surface area contributed by atoms with E-state index in [0.29, 0.717) is 0 Å². The van der Waals surface area contributed by atoms with E-state index in [1.54, 1.807) is 13.3 Å².